The van der Waals surface area contributed by atoms with E-state index in [1.165, 1.54) is 12.1 Å². The van der Waals surface area contributed by atoms with Crippen LogP contribution < -0.4 is 15.6 Å². The van der Waals surface area contributed by atoms with Gasteiger partial charge in [-0.1, -0.05) is 17.7 Å². The van der Waals surface area contributed by atoms with E-state index in [2.05, 4.69) is 15.5 Å². The number of ether oxygens (including phenoxy) is 1. The number of benzene rings is 1. The van der Waals surface area contributed by atoms with E-state index in [9.17, 15) is 9.59 Å². The Balaban J connectivity index is 2.14. The van der Waals surface area contributed by atoms with Gasteiger partial charge in [0.1, 0.15) is 11.4 Å². The number of carbonyl (C=O) groups excluding carboxylic acids is 1. The van der Waals surface area contributed by atoms with E-state index in [1.807, 2.05) is 26.0 Å². The monoisotopic (exact) mass is 287 g/mol. The molecule has 0 saturated heterocycles. The summed E-state index contributed by atoms with van der Waals surface area (Å²) in [6.45, 7) is 4.27. The summed E-state index contributed by atoms with van der Waals surface area (Å²) >= 11 is 0. The summed E-state index contributed by atoms with van der Waals surface area (Å²) in [6.07, 6.45) is 0. The minimum atomic E-state index is -0.354. The van der Waals surface area contributed by atoms with Crippen LogP contribution in [0.5, 0.6) is 5.75 Å². The largest absolute Gasteiger partial charge is 0.496 e. The fourth-order valence-electron chi connectivity index (χ4n) is 2.20. The normalized spacial score (nSPS) is 10.2. The Labute approximate surface area is 122 Å². The molecule has 0 aliphatic heterocycles. The lowest BCUT2D eigenvalue weighted by molar-refractivity contribution is 0.0944. The zero-order valence-electron chi connectivity index (χ0n) is 12.2. The average molecular weight is 287 g/mol. The van der Waals surface area contributed by atoms with Crippen molar-refractivity contribution in [1.29, 1.82) is 0 Å². The lowest BCUT2D eigenvalue weighted by Crippen LogP contribution is -2.25. The van der Waals surface area contributed by atoms with E-state index >= 15 is 0 Å². The van der Waals surface area contributed by atoms with Gasteiger partial charge in [0, 0.05) is 18.2 Å². The first-order chi connectivity index (χ1) is 10.0. The van der Waals surface area contributed by atoms with Gasteiger partial charge in [0.2, 0.25) is 0 Å². The second-order valence-corrected chi connectivity index (χ2v) is 4.76. The number of hydrogen-bond acceptors (Lipinski definition) is 4. The number of aromatic nitrogens is 2. The molecule has 2 rings (SSSR count). The molecule has 1 amide bonds. The minimum absolute atomic E-state index is 0.165. The van der Waals surface area contributed by atoms with E-state index < -0.39 is 0 Å². The van der Waals surface area contributed by atoms with Gasteiger partial charge in [0.25, 0.3) is 11.5 Å². The van der Waals surface area contributed by atoms with Gasteiger partial charge < -0.3 is 10.1 Å². The highest BCUT2D eigenvalue weighted by Gasteiger charge is 2.11. The Morgan fingerprint density at radius 1 is 1.33 bits per heavy atom. The molecule has 0 unspecified atom stereocenters. The average Bonchev–Trinajstić information content (AvgIpc) is 2.45. The smallest absolute Gasteiger partial charge is 0.271 e. The summed E-state index contributed by atoms with van der Waals surface area (Å²) in [5.74, 6) is 0.405. The quantitative estimate of drug-likeness (QED) is 0.888. The van der Waals surface area contributed by atoms with Crippen molar-refractivity contribution in [2.45, 2.75) is 20.4 Å². The Kier molecular flexibility index (Phi) is 4.37. The fraction of sp³-hybridized carbons (Fsp3) is 0.267. The Morgan fingerprint density at radius 2 is 2.10 bits per heavy atom. The number of carbonyl (C=O) groups is 1. The number of hydrogen-bond donors (Lipinski definition) is 2. The molecular weight excluding hydrogens is 270 g/mol. The van der Waals surface area contributed by atoms with Crippen LogP contribution in [0.3, 0.4) is 0 Å². The fourth-order valence-corrected chi connectivity index (χ4v) is 2.20. The summed E-state index contributed by atoms with van der Waals surface area (Å²) in [5, 5.41) is 8.68. The molecule has 0 atom stereocenters. The van der Waals surface area contributed by atoms with Crippen LogP contribution in [0.25, 0.3) is 0 Å². The first kappa shape index (κ1) is 14.8. The van der Waals surface area contributed by atoms with E-state index in [0.29, 0.717) is 6.54 Å². The van der Waals surface area contributed by atoms with Crippen LogP contribution in [-0.4, -0.2) is 23.2 Å². The lowest BCUT2D eigenvalue weighted by Gasteiger charge is -2.13. The molecule has 0 aliphatic carbocycles. The minimum Gasteiger partial charge on any atom is -0.496 e. The molecule has 0 saturated carbocycles. The summed E-state index contributed by atoms with van der Waals surface area (Å²) in [6, 6.07) is 6.63. The molecule has 2 aromatic rings. The molecule has 1 aromatic heterocycles. The lowest BCUT2D eigenvalue weighted by atomic mass is 10.1. The number of nitrogens with one attached hydrogen (secondary N) is 2. The predicted molar refractivity (Wildman–Crippen MR) is 78.5 cm³/mol. The van der Waals surface area contributed by atoms with Crippen molar-refractivity contribution in [2.24, 2.45) is 0 Å². The van der Waals surface area contributed by atoms with E-state index in [4.69, 9.17) is 4.74 Å². The zero-order valence-corrected chi connectivity index (χ0v) is 12.2. The van der Waals surface area contributed by atoms with Crippen LogP contribution >= 0.6 is 0 Å². The molecule has 0 spiro atoms. The number of rotatable bonds is 4. The van der Waals surface area contributed by atoms with Crippen LogP contribution in [-0.2, 0) is 6.54 Å². The topological polar surface area (TPSA) is 84.1 Å². The SMILES string of the molecule is COc1c(C)cc(C)cc1CNC(=O)c1ccc(=O)[nH]n1. The van der Waals surface area contributed by atoms with Crippen molar-refractivity contribution in [1.82, 2.24) is 15.5 Å². The molecule has 0 radical (unpaired) electrons. The number of amides is 1. The van der Waals surface area contributed by atoms with Crippen molar-refractivity contribution in [3.05, 3.63) is 57.0 Å². The van der Waals surface area contributed by atoms with E-state index in [-0.39, 0.29) is 17.2 Å². The maximum atomic E-state index is 12.0. The van der Waals surface area contributed by atoms with Crippen molar-refractivity contribution in [3.63, 3.8) is 0 Å². The second-order valence-electron chi connectivity index (χ2n) is 4.76. The van der Waals surface area contributed by atoms with Crippen LogP contribution in [0.1, 0.15) is 27.2 Å². The highest BCUT2D eigenvalue weighted by Crippen LogP contribution is 2.24. The van der Waals surface area contributed by atoms with E-state index in [1.54, 1.807) is 7.11 Å². The number of aryl methyl sites for hydroxylation is 2. The van der Waals surface area contributed by atoms with Gasteiger partial charge in [-0.2, -0.15) is 5.10 Å². The molecule has 1 heterocycles. The zero-order chi connectivity index (χ0) is 15.4. The van der Waals surface area contributed by atoms with Crippen molar-refractivity contribution in [2.75, 3.05) is 7.11 Å². The third-order valence-corrected chi connectivity index (χ3v) is 3.05. The van der Waals surface area contributed by atoms with Crippen LogP contribution in [0.15, 0.2) is 29.1 Å². The number of nitrogens with zero attached hydrogens (tertiary/aromatic N) is 1. The highest BCUT2D eigenvalue weighted by atomic mass is 16.5. The molecule has 0 aliphatic rings. The summed E-state index contributed by atoms with van der Waals surface area (Å²) in [7, 11) is 1.60. The molecule has 0 bridgehead atoms. The molecule has 6 nitrogen and oxygen atoms in total. The van der Waals surface area contributed by atoms with Gasteiger partial charge in [-0.05, 0) is 25.5 Å². The third kappa shape index (κ3) is 3.47. The highest BCUT2D eigenvalue weighted by molar-refractivity contribution is 5.91. The summed E-state index contributed by atoms with van der Waals surface area (Å²) in [5.41, 5.74) is 2.83. The maximum absolute atomic E-state index is 12.0. The van der Waals surface area contributed by atoms with Crippen molar-refractivity contribution in [3.8, 4) is 5.75 Å². The molecule has 1 aromatic carbocycles. The molecule has 110 valence electrons. The van der Waals surface area contributed by atoms with Gasteiger partial charge in [0.05, 0.1) is 7.11 Å². The van der Waals surface area contributed by atoms with Gasteiger partial charge >= 0.3 is 0 Å². The Hall–Kier alpha value is -2.63. The van der Waals surface area contributed by atoms with Crippen LogP contribution in [0.2, 0.25) is 0 Å². The summed E-state index contributed by atoms with van der Waals surface area (Å²) < 4.78 is 5.37. The van der Waals surface area contributed by atoms with Crippen molar-refractivity contribution < 1.29 is 9.53 Å². The van der Waals surface area contributed by atoms with E-state index in [0.717, 1.165) is 22.4 Å². The molecule has 21 heavy (non-hydrogen) atoms. The Bertz CT molecular complexity index is 702. The molecule has 6 heteroatoms. The molecule has 2 N–H and O–H groups in total. The van der Waals surface area contributed by atoms with Gasteiger partial charge in [0.15, 0.2) is 0 Å². The number of methoxy groups -OCH3 is 1. The first-order valence-corrected chi connectivity index (χ1v) is 6.49. The van der Waals surface area contributed by atoms with Crippen molar-refractivity contribution >= 4 is 5.91 Å². The van der Waals surface area contributed by atoms with Crippen LogP contribution in [0, 0.1) is 13.8 Å². The number of aromatic amines is 1. The first-order valence-electron chi connectivity index (χ1n) is 6.49. The molecule has 0 fully saturated rings. The van der Waals surface area contributed by atoms with Gasteiger partial charge in [-0.3, -0.25) is 9.59 Å². The number of H-pyrrole nitrogens is 1. The second kappa shape index (κ2) is 6.21. The Morgan fingerprint density at radius 3 is 2.71 bits per heavy atom. The molecular formula is C15H17N3O3. The van der Waals surface area contributed by atoms with Gasteiger partial charge in [-0.15, -0.1) is 0 Å². The third-order valence-electron chi connectivity index (χ3n) is 3.05. The standard InChI is InChI=1S/C15H17N3O3/c1-9-6-10(2)14(21-3)11(7-9)8-16-15(20)12-4-5-13(19)18-17-12/h4-7H,8H2,1-3H3,(H,16,20)(H,18,19). The van der Waals surface area contributed by atoms with Crippen LogP contribution in [0.4, 0.5) is 0 Å². The summed E-state index contributed by atoms with van der Waals surface area (Å²) in [4.78, 5) is 22.9. The maximum Gasteiger partial charge on any atom is 0.271 e. The predicted octanol–water partition coefficient (Wildman–Crippen LogP) is 1.33. The van der Waals surface area contributed by atoms with Gasteiger partial charge in [-0.25, -0.2) is 5.10 Å².